The minimum absolute atomic E-state index is 0.177. The number of carbonyl (C=O) groups excluding carboxylic acids is 1. The van der Waals surface area contributed by atoms with E-state index < -0.39 is 42.6 Å². The molecule has 1 fully saturated rings. The van der Waals surface area contributed by atoms with E-state index in [9.17, 15) is 19.8 Å². The van der Waals surface area contributed by atoms with Crippen LogP contribution in [0.1, 0.15) is 87.9 Å². The van der Waals surface area contributed by atoms with Crippen LogP contribution in [0.5, 0.6) is 0 Å². The SMILES string of the molecule is CC1OC(OCCCCCCCCCCC(O)CC(=O)O)C(O)CC1OC(=O)c1c[nH]c2ccccc12. The summed E-state index contributed by atoms with van der Waals surface area (Å²) in [6.45, 7) is 2.32. The van der Waals surface area contributed by atoms with Gasteiger partial charge in [0.15, 0.2) is 6.29 Å². The third kappa shape index (κ3) is 9.41. The van der Waals surface area contributed by atoms with Gasteiger partial charge in [-0.15, -0.1) is 0 Å². The first-order valence-corrected chi connectivity index (χ1v) is 13.5. The first-order chi connectivity index (χ1) is 17.8. The monoisotopic (exact) mass is 519 g/mol. The van der Waals surface area contributed by atoms with Crippen molar-refractivity contribution in [3.63, 3.8) is 0 Å². The number of nitrogens with one attached hydrogen (secondary N) is 1. The summed E-state index contributed by atoms with van der Waals surface area (Å²) in [5, 5.41) is 29.5. The third-order valence-electron chi connectivity index (χ3n) is 6.85. The van der Waals surface area contributed by atoms with E-state index in [2.05, 4.69) is 4.98 Å². The Kier molecular flexibility index (Phi) is 11.9. The van der Waals surface area contributed by atoms with Crippen LogP contribution >= 0.6 is 0 Å². The molecule has 2 aromatic rings. The largest absolute Gasteiger partial charge is 0.481 e. The van der Waals surface area contributed by atoms with Gasteiger partial charge >= 0.3 is 11.9 Å². The van der Waals surface area contributed by atoms with Gasteiger partial charge < -0.3 is 34.5 Å². The summed E-state index contributed by atoms with van der Waals surface area (Å²) in [6.07, 6.45) is 7.17. The molecule has 0 bridgehead atoms. The van der Waals surface area contributed by atoms with Gasteiger partial charge in [0, 0.05) is 30.1 Å². The Morgan fingerprint density at radius 2 is 1.76 bits per heavy atom. The standard InChI is InChI=1S/C28H41NO8/c1-19-25(37-27(34)22-18-29-23-14-10-9-13-21(22)23)17-24(31)28(36-19)35-15-11-7-5-3-2-4-6-8-12-20(30)16-26(32)33/h9-10,13-14,18-20,24-25,28-31H,2-8,11-12,15-17H2,1H3,(H,32,33). The highest BCUT2D eigenvalue weighted by atomic mass is 16.7. The summed E-state index contributed by atoms with van der Waals surface area (Å²) in [7, 11) is 0. The number of hydrogen-bond donors (Lipinski definition) is 4. The minimum atomic E-state index is -0.956. The van der Waals surface area contributed by atoms with Crippen LogP contribution in [-0.2, 0) is 19.0 Å². The molecule has 1 aliphatic heterocycles. The molecule has 1 aromatic heterocycles. The molecule has 1 aliphatic rings. The number of aliphatic hydroxyl groups excluding tert-OH is 2. The number of ether oxygens (including phenoxy) is 3. The minimum Gasteiger partial charge on any atom is -0.481 e. The number of carboxylic acids is 1. The fourth-order valence-corrected chi connectivity index (χ4v) is 4.71. The Bertz CT molecular complexity index is 976. The molecule has 0 spiro atoms. The molecule has 0 radical (unpaired) electrons. The van der Waals surface area contributed by atoms with Crippen LogP contribution in [0, 0.1) is 0 Å². The predicted octanol–water partition coefficient (Wildman–Crippen LogP) is 4.55. The highest BCUT2D eigenvalue weighted by Crippen LogP contribution is 2.26. The zero-order valence-corrected chi connectivity index (χ0v) is 21.6. The molecule has 1 saturated heterocycles. The highest BCUT2D eigenvalue weighted by molar-refractivity contribution is 6.04. The summed E-state index contributed by atoms with van der Waals surface area (Å²) < 4.78 is 17.3. The number of carboxylic acid groups (broad SMARTS) is 1. The molecule has 4 N–H and O–H groups in total. The third-order valence-corrected chi connectivity index (χ3v) is 6.85. The van der Waals surface area contributed by atoms with E-state index in [1.54, 1.807) is 6.20 Å². The number of fused-ring (bicyclic) bond motifs is 1. The number of benzene rings is 1. The van der Waals surface area contributed by atoms with Gasteiger partial charge in [-0.2, -0.15) is 0 Å². The molecule has 0 amide bonds. The van der Waals surface area contributed by atoms with Gasteiger partial charge in [-0.1, -0.05) is 63.1 Å². The number of aromatic nitrogens is 1. The van der Waals surface area contributed by atoms with Gasteiger partial charge in [0.1, 0.15) is 12.2 Å². The molecule has 1 aromatic carbocycles. The average Bonchev–Trinajstić information content (AvgIpc) is 3.29. The molecule has 37 heavy (non-hydrogen) atoms. The molecule has 0 aliphatic carbocycles. The molecule has 3 rings (SSSR count). The second-order valence-electron chi connectivity index (χ2n) is 9.94. The number of aromatic amines is 1. The number of H-pyrrole nitrogens is 1. The van der Waals surface area contributed by atoms with Gasteiger partial charge in [-0.25, -0.2) is 4.79 Å². The molecule has 9 heteroatoms. The van der Waals surface area contributed by atoms with Gasteiger partial charge in [0.2, 0.25) is 0 Å². The van der Waals surface area contributed by atoms with E-state index in [0.29, 0.717) is 18.6 Å². The van der Waals surface area contributed by atoms with Crippen molar-refractivity contribution in [3.8, 4) is 0 Å². The van der Waals surface area contributed by atoms with Crippen molar-refractivity contribution in [2.24, 2.45) is 0 Å². The molecule has 0 saturated carbocycles. The maximum Gasteiger partial charge on any atom is 0.340 e. The second kappa shape index (κ2) is 15.1. The van der Waals surface area contributed by atoms with Gasteiger partial charge in [0.25, 0.3) is 0 Å². The van der Waals surface area contributed by atoms with E-state index in [0.717, 1.165) is 62.3 Å². The van der Waals surface area contributed by atoms with Crippen LogP contribution in [0.25, 0.3) is 10.9 Å². The van der Waals surface area contributed by atoms with Crippen LogP contribution in [-0.4, -0.2) is 69.6 Å². The van der Waals surface area contributed by atoms with E-state index in [-0.39, 0.29) is 12.8 Å². The fraction of sp³-hybridized carbons (Fsp3) is 0.643. The quantitative estimate of drug-likeness (QED) is 0.187. The average molecular weight is 520 g/mol. The lowest BCUT2D eigenvalue weighted by atomic mass is 10.0. The zero-order valence-electron chi connectivity index (χ0n) is 21.6. The topological polar surface area (TPSA) is 138 Å². The lowest BCUT2D eigenvalue weighted by molar-refractivity contribution is -0.260. The summed E-state index contributed by atoms with van der Waals surface area (Å²) in [5.74, 6) is -1.40. The predicted molar refractivity (Wildman–Crippen MR) is 138 cm³/mol. The molecule has 9 nitrogen and oxygen atoms in total. The number of hydrogen-bond acceptors (Lipinski definition) is 7. The molecule has 5 atom stereocenters. The molecular formula is C28H41NO8. The number of rotatable bonds is 16. The first-order valence-electron chi connectivity index (χ1n) is 13.5. The first kappa shape index (κ1) is 29.1. The maximum atomic E-state index is 12.7. The van der Waals surface area contributed by atoms with E-state index in [1.165, 1.54) is 0 Å². The van der Waals surface area contributed by atoms with Crippen molar-refractivity contribution in [1.82, 2.24) is 4.98 Å². The molecular weight excluding hydrogens is 478 g/mol. The Hall–Kier alpha value is -2.46. The Balaban J connectivity index is 1.24. The smallest absolute Gasteiger partial charge is 0.340 e. The van der Waals surface area contributed by atoms with Crippen LogP contribution in [0.2, 0.25) is 0 Å². The Morgan fingerprint density at radius 1 is 1.08 bits per heavy atom. The number of para-hydroxylation sites is 1. The summed E-state index contributed by atoms with van der Waals surface area (Å²) >= 11 is 0. The Morgan fingerprint density at radius 3 is 2.49 bits per heavy atom. The lowest BCUT2D eigenvalue weighted by Gasteiger charge is -2.37. The summed E-state index contributed by atoms with van der Waals surface area (Å²) in [5.41, 5.74) is 1.33. The summed E-state index contributed by atoms with van der Waals surface area (Å²) in [4.78, 5) is 26.3. The Labute approximate surface area is 218 Å². The van der Waals surface area contributed by atoms with Crippen molar-refractivity contribution >= 4 is 22.8 Å². The van der Waals surface area contributed by atoms with Crippen molar-refractivity contribution in [2.75, 3.05) is 6.61 Å². The van der Waals surface area contributed by atoms with E-state index in [1.807, 2.05) is 31.2 Å². The zero-order chi connectivity index (χ0) is 26.6. The number of carbonyl (C=O) groups is 2. The molecule has 206 valence electrons. The van der Waals surface area contributed by atoms with Gasteiger partial charge in [-0.05, 0) is 25.8 Å². The van der Waals surface area contributed by atoms with Crippen LogP contribution in [0.15, 0.2) is 30.5 Å². The fourth-order valence-electron chi connectivity index (χ4n) is 4.71. The van der Waals surface area contributed by atoms with Crippen LogP contribution in [0.3, 0.4) is 0 Å². The maximum absolute atomic E-state index is 12.7. The molecule has 5 unspecified atom stereocenters. The van der Waals surface area contributed by atoms with Crippen molar-refractivity contribution in [1.29, 1.82) is 0 Å². The van der Waals surface area contributed by atoms with E-state index >= 15 is 0 Å². The van der Waals surface area contributed by atoms with E-state index in [4.69, 9.17) is 19.3 Å². The normalized spacial score (nSPS) is 22.7. The number of unbranched alkanes of at least 4 members (excludes halogenated alkanes) is 7. The molecule has 2 heterocycles. The number of esters is 1. The second-order valence-corrected chi connectivity index (χ2v) is 9.94. The van der Waals surface area contributed by atoms with Crippen LogP contribution in [0.4, 0.5) is 0 Å². The van der Waals surface area contributed by atoms with Crippen molar-refractivity contribution in [2.45, 2.75) is 108 Å². The number of aliphatic carboxylic acids is 1. The van der Waals surface area contributed by atoms with Crippen molar-refractivity contribution < 1.29 is 39.1 Å². The van der Waals surface area contributed by atoms with Gasteiger partial charge in [-0.3, -0.25) is 4.79 Å². The lowest BCUT2D eigenvalue weighted by Crippen LogP contribution is -2.48. The van der Waals surface area contributed by atoms with Gasteiger partial charge in [0.05, 0.1) is 24.2 Å². The summed E-state index contributed by atoms with van der Waals surface area (Å²) in [6, 6.07) is 7.52. The number of aliphatic hydroxyl groups is 2. The van der Waals surface area contributed by atoms with Crippen LogP contribution < -0.4 is 0 Å². The van der Waals surface area contributed by atoms with Crippen molar-refractivity contribution in [3.05, 3.63) is 36.0 Å². The highest BCUT2D eigenvalue weighted by Gasteiger charge is 2.38.